The van der Waals surface area contributed by atoms with Gasteiger partial charge in [0.15, 0.2) is 6.61 Å². The Morgan fingerprint density at radius 1 is 1.00 bits per heavy atom. The summed E-state index contributed by atoms with van der Waals surface area (Å²) >= 11 is 11.7. The van der Waals surface area contributed by atoms with Crippen LogP contribution in [0.15, 0.2) is 36.4 Å². The highest BCUT2D eigenvalue weighted by molar-refractivity contribution is 6.36. The topological polar surface area (TPSA) is 84.5 Å². The molecule has 0 heterocycles. The maximum absolute atomic E-state index is 12.0. The molecule has 0 aliphatic heterocycles. The minimum absolute atomic E-state index is 0.0987. The first kappa shape index (κ1) is 20.7. The van der Waals surface area contributed by atoms with Crippen LogP contribution in [-0.2, 0) is 14.3 Å². The van der Waals surface area contributed by atoms with E-state index in [1.165, 1.54) is 18.2 Å². The SMILES string of the molecule is Cc1cccc(C)c1NC(=O)CNC(=O)COC(=O)c1ccc(Cl)cc1Cl. The predicted molar refractivity (Wildman–Crippen MR) is 104 cm³/mol. The number of hydrogen-bond donors (Lipinski definition) is 2. The fourth-order valence-corrected chi connectivity index (χ4v) is 2.77. The minimum Gasteiger partial charge on any atom is -0.452 e. The third kappa shape index (κ3) is 5.98. The van der Waals surface area contributed by atoms with Crippen molar-refractivity contribution in [3.05, 3.63) is 63.1 Å². The van der Waals surface area contributed by atoms with E-state index in [9.17, 15) is 14.4 Å². The second-order valence-electron chi connectivity index (χ2n) is 5.79. The van der Waals surface area contributed by atoms with Crippen LogP contribution in [0.4, 0.5) is 5.69 Å². The van der Waals surface area contributed by atoms with Crippen molar-refractivity contribution in [2.75, 3.05) is 18.5 Å². The molecule has 0 aliphatic rings. The van der Waals surface area contributed by atoms with Crippen molar-refractivity contribution in [2.45, 2.75) is 13.8 Å². The van der Waals surface area contributed by atoms with Gasteiger partial charge >= 0.3 is 5.97 Å². The number of rotatable bonds is 6. The van der Waals surface area contributed by atoms with Crippen molar-refractivity contribution in [1.29, 1.82) is 0 Å². The Bertz CT molecular complexity index is 864. The number of hydrogen-bond acceptors (Lipinski definition) is 4. The molecule has 2 amide bonds. The Morgan fingerprint density at radius 3 is 2.30 bits per heavy atom. The van der Waals surface area contributed by atoms with Crippen molar-refractivity contribution in [3.63, 3.8) is 0 Å². The molecule has 0 unspecified atom stereocenters. The average molecular weight is 409 g/mol. The van der Waals surface area contributed by atoms with E-state index in [2.05, 4.69) is 10.6 Å². The highest BCUT2D eigenvalue weighted by Crippen LogP contribution is 2.21. The van der Waals surface area contributed by atoms with Gasteiger partial charge in [-0.25, -0.2) is 4.79 Å². The van der Waals surface area contributed by atoms with E-state index in [-0.39, 0.29) is 23.0 Å². The van der Waals surface area contributed by atoms with Gasteiger partial charge in [0.1, 0.15) is 0 Å². The highest BCUT2D eigenvalue weighted by atomic mass is 35.5. The molecule has 2 N–H and O–H groups in total. The number of aryl methyl sites for hydroxylation is 2. The minimum atomic E-state index is -0.758. The lowest BCUT2D eigenvalue weighted by Crippen LogP contribution is -2.35. The fourth-order valence-electron chi connectivity index (χ4n) is 2.29. The fraction of sp³-hybridized carbons (Fsp3) is 0.211. The zero-order chi connectivity index (χ0) is 20.0. The molecule has 0 aliphatic carbocycles. The van der Waals surface area contributed by atoms with Gasteiger partial charge in [0.2, 0.25) is 5.91 Å². The first-order valence-electron chi connectivity index (χ1n) is 8.03. The monoisotopic (exact) mass is 408 g/mol. The zero-order valence-corrected chi connectivity index (χ0v) is 16.3. The molecule has 2 rings (SSSR count). The molecule has 0 saturated heterocycles. The number of carbonyl (C=O) groups excluding carboxylic acids is 3. The van der Waals surface area contributed by atoms with Gasteiger partial charge in [-0.2, -0.15) is 0 Å². The second kappa shape index (κ2) is 9.39. The van der Waals surface area contributed by atoms with E-state index in [4.69, 9.17) is 27.9 Å². The first-order chi connectivity index (χ1) is 12.8. The van der Waals surface area contributed by atoms with Crippen molar-refractivity contribution in [3.8, 4) is 0 Å². The van der Waals surface area contributed by atoms with Crippen LogP contribution in [0.25, 0.3) is 0 Å². The van der Waals surface area contributed by atoms with Crippen LogP contribution in [0.3, 0.4) is 0 Å². The lowest BCUT2D eigenvalue weighted by atomic mass is 10.1. The molecule has 8 heteroatoms. The van der Waals surface area contributed by atoms with Crippen molar-refractivity contribution >= 4 is 46.7 Å². The number of anilines is 1. The van der Waals surface area contributed by atoms with Crippen LogP contribution >= 0.6 is 23.2 Å². The van der Waals surface area contributed by atoms with Gasteiger partial charge in [-0.3, -0.25) is 9.59 Å². The molecular formula is C19H18Cl2N2O4. The van der Waals surface area contributed by atoms with Gasteiger partial charge in [0, 0.05) is 10.7 Å². The molecule has 0 radical (unpaired) electrons. The number of ether oxygens (including phenoxy) is 1. The molecule has 2 aromatic rings. The number of para-hydroxylation sites is 1. The summed E-state index contributed by atoms with van der Waals surface area (Å²) in [4.78, 5) is 35.7. The molecule has 0 aromatic heterocycles. The number of nitrogens with one attached hydrogen (secondary N) is 2. The normalized spacial score (nSPS) is 10.2. The molecular weight excluding hydrogens is 391 g/mol. The lowest BCUT2D eigenvalue weighted by Gasteiger charge is -2.12. The summed E-state index contributed by atoms with van der Waals surface area (Å²) in [6.07, 6.45) is 0. The zero-order valence-electron chi connectivity index (χ0n) is 14.8. The van der Waals surface area contributed by atoms with E-state index < -0.39 is 18.5 Å². The summed E-state index contributed by atoms with van der Waals surface area (Å²) in [5.41, 5.74) is 2.65. The summed E-state index contributed by atoms with van der Waals surface area (Å²) in [6, 6.07) is 9.94. The van der Waals surface area contributed by atoms with E-state index >= 15 is 0 Å². The van der Waals surface area contributed by atoms with Crippen LogP contribution < -0.4 is 10.6 Å². The number of carbonyl (C=O) groups is 3. The number of benzene rings is 2. The summed E-state index contributed by atoms with van der Waals surface area (Å²) in [7, 11) is 0. The molecule has 0 fully saturated rings. The third-order valence-electron chi connectivity index (χ3n) is 3.68. The number of halogens is 2. The van der Waals surface area contributed by atoms with E-state index in [1.54, 1.807) is 0 Å². The first-order valence-corrected chi connectivity index (χ1v) is 8.78. The van der Waals surface area contributed by atoms with E-state index in [0.29, 0.717) is 10.7 Å². The molecule has 142 valence electrons. The Hall–Kier alpha value is -2.57. The maximum atomic E-state index is 12.0. The largest absolute Gasteiger partial charge is 0.452 e. The number of esters is 1. The second-order valence-corrected chi connectivity index (χ2v) is 6.64. The Labute approximate surface area is 166 Å². The molecule has 0 bridgehead atoms. The Kier molecular flexibility index (Phi) is 7.21. The highest BCUT2D eigenvalue weighted by Gasteiger charge is 2.15. The van der Waals surface area contributed by atoms with Crippen LogP contribution in [0.1, 0.15) is 21.5 Å². The molecule has 0 saturated carbocycles. The van der Waals surface area contributed by atoms with Gasteiger partial charge < -0.3 is 15.4 Å². The third-order valence-corrected chi connectivity index (χ3v) is 4.22. The van der Waals surface area contributed by atoms with Crippen LogP contribution in [-0.4, -0.2) is 30.9 Å². The summed E-state index contributed by atoms with van der Waals surface area (Å²) in [6.45, 7) is 2.98. The van der Waals surface area contributed by atoms with Crippen LogP contribution in [0.5, 0.6) is 0 Å². The predicted octanol–water partition coefficient (Wildman–Crippen LogP) is 3.52. The van der Waals surface area contributed by atoms with Crippen molar-refractivity contribution in [1.82, 2.24) is 5.32 Å². The Morgan fingerprint density at radius 2 is 1.67 bits per heavy atom. The van der Waals surface area contributed by atoms with Crippen molar-refractivity contribution < 1.29 is 19.1 Å². The van der Waals surface area contributed by atoms with Crippen molar-refractivity contribution in [2.24, 2.45) is 0 Å². The van der Waals surface area contributed by atoms with Gasteiger partial charge in [-0.05, 0) is 43.2 Å². The van der Waals surface area contributed by atoms with Gasteiger partial charge in [-0.15, -0.1) is 0 Å². The lowest BCUT2D eigenvalue weighted by molar-refractivity contribution is -0.126. The molecule has 27 heavy (non-hydrogen) atoms. The molecule has 0 atom stereocenters. The molecule has 6 nitrogen and oxygen atoms in total. The van der Waals surface area contributed by atoms with Gasteiger partial charge in [0.05, 0.1) is 17.1 Å². The summed E-state index contributed by atoms with van der Waals surface area (Å²) in [5, 5.41) is 5.64. The standard InChI is InChI=1S/C19H18Cl2N2O4/c1-11-4-3-5-12(2)18(11)23-16(24)9-22-17(25)10-27-19(26)14-7-6-13(20)8-15(14)21/h3-8H,9-10H2,1-2H3,(H,22,25)(H,23,24). The average Bonchev–Trinajstić information content (AvgIpc) is 2.61. The summed E-state index contributed by atoms with van der Waals surface area (Å²) in [5.74, 6) is -1.75. The quantitative estimate of drug-likeness (QED) is 0.716. The summed E-state index contributed by atoms with van der Waals surface area (Å²) < 4.78 is 4.89. The number of amides is 2. The van der Waals surface area contributed by atoms with E-state index in [0.717, 1.165) is 11.1 Å². The van der Waals surface area contributed by atoms with Crippen LogP contribution in [0, 0.1) is 13.8 Å². The smallest absolute Gasteiger partial charge is 0.340 e. The molecule has 2 aromatic carbocycles. The van der Waals surface area contributed by atoms with E-state index in [1.807, 2.05) is 32.0 Å². The van der Waals surface area contributed by atoms with Crippen LogP contribution in [0.2, 0.25) is 10.0 Å². The van der Waals surface area contributed by atoms with Gasteiger partial charge in [-0.1, -0.05) is 41.4 Å². The maximum Gasteiger partial charge on any atom is 0.340 e. The van der Waals surface area contributed by atoms with Gasteiger partial charge in [0.25, 0.3) is 5.91 Å². The molecule has 0 spiro atoms. The Balaban J connectivity index is 1.80.